The van der Waals surface area contributed by atoms with E-state index in [9.17, 15) is 0 Å². The summed E-state index contributed by atoms with van der Waals surface area (Å²) in [5, 5.41) is 3.85. The first-order valence-electron chi connectivity index (χ1n) is 4.52. The maximum atomic E-state index is 5.82. The second kappa shape index (κ2) is 5.02. The van der Waals surface area contributed by atoms with E-state index in [-0.39, 0.29) is 6.10 Å². The van der Waals surface area contributed by atoms with Crippen molar-refractivity contribution >= 4 is 23.1 Å². The number of hydrogen-bond donors (Lipinski definition) is 0. The summed E-state index contributed by atoms with van der Waals surface area (Å²) in [5.74, 6) is 0. The van der Waals surface area contributed by atoms with Gasteiger partial charge in [0.05, 0.1) is 19.3 Å². The predicted molar refractivity (Wildman–Crippen MR) is 53.5 cm³/mol. The highest BCUT2D eigenvalue weighted by atomic mass is 35.5. The third kappa shape index (κ3) is 2.63. The molecule has 0 radical (unpaired) electrons. The summed E-state index contributed by atoms with van der Waals surface area (Å²) in [5.41, 5.74) is 0.717. The lowest BCUT2D eigenvalue weighted by atomic mass is 10.2. The average molecular weight is 235 g/mol. The first-order valence-corrected chi connectivity index (χ1v) is 5.67. The third-order valence-corrected chi connectivity index (χ3v) is 3.06. The van der Waals surface area contributed by atoms with Crippen molar-refractivity contribution in [3.05, 3.63) is 10.0 Å². The van der Waals surface area contributed by atoms with Gasteiger partial charge in [-0.05, 0) is 12.8 Å². The van der Waals surface area contributed by atoms with Gasteiger partial charge in [-0.15, -0.1) is 5.10 Å². The number of hydrogen-bond acceptors (Lipinski definition) is 5. The smallest absolute Gasteiger partial charge is 0.139 e. The van der Waals surface area contributed by atoms with E-state index in [2.05, 4.69) is 9.59 Å². The van der Waals surface area contributed by atoms with E-state index >= 15 is 0 Å². The van der Waals surface area contributed by atoms with Gasteiger partial charge in [0.1, 0.15) is 10.0 Å². The van der Waals surface area contributed by atoms with Crippen LogP contribution in [0.3, 0.4) is 0 Å². The molecule has 1 saturated heterocycles. The van der Waals surface area contributed by atoms with Crippen LogP contribution in [0, 0.1) is 0 Å². The van der Waals surface area contributed by atoms with Crippen LogP contribution in [-0.4, -0.2) is 28.9 Å². The van der Waals surface area contributed by atoms with Crippen LogP contribution >= 0.6 is 23.1 Å². The third-order valence-electron chi connectivity index (χ3n) is 2.08. The van der Waals surface area contributed by atoms with E-state index in [1.165, 1.54) is 11.5 Å². The molecular formula is C8H11ClN2O2S. The molecule has 1 aliphatic rings. The minimum absolute atomic E-state index is 0.250. The summed E-state index contributed by atoms with van der Waals surface area (Å²) < 4.78 is 15.2. The normalized spacial score (nSPS) is 21.6. The summed E-state index contributed by atoms with van der Waals surface area (Å²) in [6, 6.07) is 0. The van der Waals surface area contributed by atoms with Crippen molar-refractivity contribution in [3.63, 3.8) is 0 Å². The second-order valence-electron chi connectivity index (χ2n) is 3.14. The van der Waals surface area contributed by atoms with E-state index in [1.807, 2.05) is 0 Å². The Bertz CT molecular complexity index is 289. The van der Waals surface area contributed by atoms with Crippen LogP contribution in [0.25, 0.3) is 0 Å². The molecule has 1 aromatic rings. The van der Waals surface area contributed by atoms with E-state index in [0.717, 1.165) is 25.1 Å². The van der Waals surface area contributed by atoms with Crippen molar-refractivity contribution in [2.75, 3.05) is 13.2 Å². The number of nitrogens with zero attached hydrogens (tertiary/aromatic N) is 2. The van der Waals surface area contributed by atoms with E-state index < -0.39 is 0 Å². The summed E-state index contributed by atoms with van der Waals surface area (Å²) in [6.07, 6.45) is 2.47. The van der Waals surface area contributed by atoms with Gasteiger partial charge < -0.3 is 9.47 Å². The maximum Gasteiger partial charge on any atom is 0.139 e. The van der Waals surface area contributed by atoms with Gasteiger partial charge in [-0.25, -0.2) is 0 Å². The van der Waals surface area contributed by atoms with Gasteiger partial charge in [0.2, 0.25) is 0 Å². The van der Waals surface area contributed by atoms with Crippen LogP contribution < -0.4 is 0 Å². The lowest BCUT2D eigenvalue weighted by Crippen LogP contribution is -2.13. The molecule has 0 spiro atoms. The van der Waals surface area contributed by atoms with Gasteiger partial charge >= 0.3 is 0 Å². The second-order valence-corrected chi connectivity index (χ2v) is 4.50. The van der Waals surface area contributed by atoms with Gasteiger partial charge in [0, 0.05) is 18.1 Å². The van der Waals surface area contributed by atoms with Crippen molar-refractivity contribution in [1.29, 1.82) is 0 Å². The van der Waals surface area contributed by atoms with E-state index in [0.29, 0.717) is 17.6 Å². The molecule has 6 heteroatoms. The van der Waals surface area contributed by atoms with Gasteiger partial charge in [-0.3, -0.25) is 0 Å². The molecule has 0 N–H and O–H groups in total. The molecule has 2 heterocycles. The summed E-state index contributed by atoms with van der Waals surface area (Å²) in [6.45, 7) is 1.90. The molecule has 0 aromatic carbocycles. The Balaban J connectivity index is 1.70. The van der Waals surface area contributed by atoms with Crippen molar-refractivity contribution in [2.45, 2.75) is 25.6 Å². The molecular weight excluding hydrogens is 224 g/mol. The standard InChI is InChI=1S/C8H11ClN2O2S/c9-8-7(10-11-14-8)5-12-4-6-2-1-3-13-6/h6H,1-5H2. The summed E-state index contributed by atoms with van der Waals surface area (Å²) >= 11 is 7.00. The Labute approximate surface area is 91.3 Å². The number of aromatic nitrogens is 2. The first-order chi connectivity index (χ1) is 6.86. The first kappa shape index (κ1) is 10.3. The van der Waals surface area contributed by atoms with Crippen molar-refractivity contribution < 1.29 is 9.47 Å². The minimum atomic E-state index is 0.250. The molecule has 0 aliphatic carbocycles. The Morgan fingerprint density at radius 3 is 3.21 bits per heavy atom. The summed E-state index contributed by atoms with van der Waals surface area (Å²) in [7, 11) is 0. The molecule has 2 rings (SSSR count). The van der Waals surface area contributed by atoms with Crippen molar-refractivity contribution in [2.24, 2.45) is 0 Å². The molecule has 1 atom stereocenters. The van der Waals surface area contributed by atoms with Gasteiger partial charge in [-0.1, -0.05) is 16.1 Å². The highest BCUT2D eigenvalue weighted by molar-refractivity contribution is 7.10. The Morgan fingerprint density at radius 2 is 2.57 bits per heavy atom. The van der Waals surface area contributed by atoms with Crippen LogP contribution in [0.4, 0.5) is 0 Å². The Kier molecular flexibility index (Phi) is 3.69. The zero-order valence-corrected chi connectivity index (χ0v) is 9.18. The number of ether oxygens (including phenoxy) is 2. The molecule has 0 bridgehead atoms. The number of rotatable bonds is 4. The van der Waals surface area contributed by atoms with Crippen LogP contribution in [0.5, 0.6) is 0 Å². The average Bonchev–Trinajstić information content (AvgIpc) is 2.78. The molecule has 4 nitrogen and oxygen atoms in total. The highest BCUT2D eigenvalue weighted by Crippen LogP contribution is 2.18. The molecule has 1 aliphatic heterocycles. The van der Waals surface area contributed by atoms with Crippen molar-refractivity contribution in [1.82, 2.24) is 9.59 Å². The van der Waals surface area contributed by atoms with Crippen LogP contribution in [0.1, 0.15) is 18.5 Å². The SMILES string of the molecule is Clc1snnc1COCC1CCCO1. The van der Waals surface area contributed by atoms with Crippen LogP contribution in [0.2, 0.25) is 4.34 Å². The quantitative estimate of drug-likeness (QED) is 0.798. The van der Waals surface area contributed by atoms with Gasteiger partial charge in [0.25, 0.3) is 0 Å². The predicted octanol–water partition coefficient (Wildman–Crippen LogP) is 1.89. The van der Waals surface area contributed by atoms with Crippen molar-refractivity contribution in [3.8, 4) is 0 Å². The molecule has 78 valence electrons. The fourth-order valence-electron chi connectivity index (χ4n) is 1.35. The largest absolute Gasteiger partial charge is 0.376 e. The molecule has 1 unspecified atom stereocenters. The Morgan fingerprint density at radius 1 is 1.64 bits per heavy atom. The van der Waals surface area contributed by atoms with Crippen LogP contribution in [0.15, 0.2) is 0 Å². The van der Waals surface area contributed by atoms with E-state index in [1.54, 1.807) is 0 Å². The minimum Gasteiger partial charge on any atom is -0.376 e. The molecule has 1 fully saturated rings. The lowest BCUT2D eigenvalue weighted by Gasteiger charge is -2.08. The lowest BCUT2D eigenvalue weighted by molar-refractivity contribution is 0.00967. The molecule has 14 heavy (non-hydrogen) atoms. The topological polar surface area (TPSA) is 44.2 Å². The monoisotopic (exact) mass is 234 g/mol. The molecule has 0 saturated carbocycles. The fourth-order valence-corrected chi connectivity index (χ4v) is 1.95. The Hall–Kier alpha value is -0.230. The van der Waals surface area contributed by atoms with Gasteiger partial charge in [-0.2, -0.15) is 0 Å². The number of halogens is 1. The fraction of sp³-hybridized carbons (Fsp3) is 0.750. The molecule has 1 aromatic heterocycles. The highest BCUT2D eigenvalue weighted by Gasteiger charge is 2.15. The summed E-state index contributed by atoms with van der Waals surface area (Å²) in [4.78, 5) is 0. The maximum absolute atomic E-state index is 5.82. The zero-order chi connectivity index (χ0) is 9.80. The molecule has 0 amide bonds. The zero-order valence-electron chi connectivity index (χ0n) is 7.61. The van der Waals surface area contributed by atoms with E-state index in [4.69, 9.17) is 21.1 Å². The van der Waals surface area contributed by atoms with Crippen LogP contribution in [-0.2, 0) is 16.1 Å². The van der Waals surface area contributed by atoms with Gasteiger partial charge in [0.15, 0.2) is 0 Å².